The SMILES string of the molecule is Cc1ncc2ccc(-c3ccc(S(C)(=O)=O)cc3)cc2c1Cc1ccccc1OC(F)F. The second-order valence-electron chi connectivity index (χ2n) is 7.58. The smallest absolute Gasteiger partial charge is 0.387 e. The molecule has 0 saturated carbocycles. The summed E-state index contributed by atoms with van der Waals surface area (Å²) in [5.41, 5.74) is 4.16. The van der Waals surface area contributed by atoms with E-state index in [0.717, 1.165) is 33.2 Å². The number of aryl methyl sites for hydroxylation is 1. The van der Waals surface area contributed by atoms with E-state index in [1.807, 2.05) is 25.1 Å². The molecule has 0 spiro atoms. The van der Waals surface area contributed by atoms with Gasteiger partial charge in [0.2, 0.25) is 0 Å². The fourth-order valence-electron chi connectivity index (χ4n) is 3.72. The number of nitrogens with zero attached hydrogens (tertiary/aromatic N) is 1. The van der Waals surface area contributed by atoms with Crippen molar-refractivity contribution in [2.75, 3.05) is 6.26 Å². The predicted molar refractivity (Wildman–Crippen MR) is 121 cm³/mol. The normalized spacial score (nSPS) is 11.8. The Hall–Kier alpha value is -3.32. The average Bonchev–Trinajstić information content (AvgIpc) is 2.76. The number of pyridine rings is 1. The van der Waals surface area contributed by atoms with Crippen molar-refractivity contribution in [3.05, 3.63) is 89.7 Å². The molecule has 1 aromatic heterocycles. The second kappa shape index (κ2) is 8.67. The summed E-state index contributed by atoms with van der Waals surface area (Å²) in [4.78, 5) is 4.74. The van der Waals surface area contributed by atoms with E-state index in [0.29, 0.717) is 12.0 Å². The quantitative estimate of drug-likeness (QED) is 0.370. The summed E-state index contributed by atoms with van der Waals surface area (Å²) in [6, 6.07) is 19.4. The zero-order chi connectivity index (χ0) is 22.9. The summed E-state index contributed by atoms with van der Waals surface area (Å²) in [6.45, 7) is -1.01. The van der Waals surface area contributed by atoms with Crippen LogP contribution in [0, 0.1) is 6.92 Å². The minimum atomic E-state index is -3.27. The van der Waals surface area contributed by atoms with Crippen LogP contribution in [0.1, 0.15) is 16.8 Å². The Morgan fingerprint density at radius 1 is 0.969 bits per heavy atom. The number of hydrogen-bond acceptors (Lipinski definition) is 4. The minimum absolute atomic E-state index is 0.145. The molecular formula is C25H21F2NO3S. The van der Waals surface area contributed by atoms with E-state index in [-0.39, 0.29) is 10.6 Å². The van der Waals surface area contributed by atoms with Crippen LogP contribution < -0.4 is 4.74 Å². The van der Waals surface area contributed by atoms with Gasteiger partial charge in [0.1, 0.15) is 5.75 Å². The van der Waals surface area contributed by atoms with Gasteiger partial charge in [-0.15, -0.1) is 0 Å². The molecule has 0 bridgehead atoms. The van der Waals surface area contributed by atoms with E-state index < -0.39 is 16.4 Å². The van der Waals surface area contributed by atoms with E-state index in [2.05, 4.69) is 4.98 Å². The van der Waals surface area contributed by atoms with Gasteiger partial charge in [0.05, 0.1) is 4.90 Å². The number of rotatable bonds is 6. The molecule has 4 aromatic rings. The number of fused-ring (bicyclic) bond motifs is 1. The van der Waals surface area contributed by atoms with Crippen LogP contribution in [0.4, 0.5) is 8.78 Å². The van der Waals surface area contributed by atoms with Crippen molar-refractivity contribution in [1.82, 2.24) is 4.98 Å². The monoisotopic (exact) mass is 453 g/mol. The first kappa shape index (κ1) is 21.9. The van der Waals surface area contributed by atoms with E-state index in [1.165, 1.54) is 12.3 Å². The third kappa shape index (κ3) is 4.62. The third-order valence-corrected chi connectivity index (χ3v) is 6.51. The lowest BCUT2D eigenvalue weighted by molar-refractivity contribution is -0.0503. The van der Waals surface area contributed by atoms with Crippen LogP contribution in [0.5, 0.6) is 5.75 Å². The molecule has 0 unspecified atom stereocenters. The maximum atomic E-state index is 12.8. The molecule has 32 heavy (non-hydrogen) atoms. The average molecular weight is 454 g/mol. The molecular weight excluding hydrogens is 432 g/mol. The van der Waals surface area contributed by atoms with Crippen molar-refractivity contribution < 1.29 is 21.9 Å². The Labute approximate surface area is 185 Å². The van der Waals surface area contributed by atoms with Gasteiger partial charge in [-0.05, 0) is 58.8 Å². The number of alkyl halides is 2. The topological polar surface area (TPSA) is 56.3 Å². The molecule has 4 rings (SSSR count). The Bertz CT molecular complexity index is 1380. The van der Waals surface area contributed by atoms with Crippen molar-refractivity contribution in [3.8, 4) is 16.9 Å². The number of benzene rings is 3. The maximum absolute atomic E-state index is 12.8. The van der Waals surface area contributed by atoms with Gasteiger partial charge >= 0.3 is 6.61 Å². The third-order valence-electron chi connectivity index (χ3n) is 5.38. The van der Waals surface area contributed by atoms with Crippen LogP contribution in [0.25, 0.3) is 21.9 Å². The molecule has 7 heteroatoms. The van der Waals surface area contributed by atoms with Gasteiger partial charge in [0.25, 0.3) is 0 Å². The summed E-state index contributed by atoms with van der Waals surface area (Å²) in [5.74, 6) is 0.145. The fourth-order valence-corrected chi connectivity index (χ4v) is 4.35. The largest absolute Gasteiger partial charge is 0.435 e. The highest BCUT2D eigenvalue weighted by Crippen LogP contribution is 2.31. The van der Waals surface area contributed by atoms with Gasteiger partial charge in [-0.1, -0.05) is 42.5 Å². The number of aromatic nitrogens is 1. The zero-order valence-electron chi connectivity index (χ0n) is 17.5. The highest BCUT2D eigenvalue weighted by Gasteiger charge is 2.14. The minimum Gasteiger partial charge on any atom is -0.435 e. The summed E-state index contributed by atoms with van der Waals surface area (Å²) < 4.78 is 53.9. The van der Waals surface area contributed by atoms with Crippen LogP contribution in [-0.4, -0.2) is 26.3 Å². The molecule has 0 aliphatic carbocycles. The predicted octanol–water partition coefficient (Wildman–Crippen LogP) is 5.81. The van der Waals surface area contributed by atoms with Crippen LogP contribution in [0.3, 0.4) is 0 Å². The van der Waals surface area contributed by atoms with E-state index in [9.17, 15) is 17.2 Å². The number of ether oxygens (including phenoxy) is 1. The standard InChI is InChI=1S/C25H21F2NO3S/c1-16-22(14-19-5-3-4-6-24(19)31-25(26)27)23-13-18(7-8-20(23)15-28-16)17-9-11-21(12-10-17)32(2,29)30/h3-13,15,25H,14H2,1-2H3. The lowest BCUT2D eigenvalue weighted by Gasteiger charge is -2.14. The van der Waals surface area contributed by atoms with Gasteiger partial charge in [-0.25, -0.2) is 8.42 Å². The highest BCUT2D eigenvalue weighted by molar-refractivity contribution is 7.90. The van der Waals surface area contributed by atoms with Gasteiger partial charge in [0.15, 0.2) is 9.84 Å². The molecule has 0 saturated heterocycles. The van der Waals surface area contributed by atoms with Crippen molar-refractivity contribution in [2.45, 2.75) is 24.9 Å². The number of hydrogen-bond donors (Lipinski definition) is 0. The summed E-state index contributed by atoms with van der Waals surface area (Å²) in [5, 5.41) is 1.88. The first-order chi connectivity index (χ1) is 15.2. The Morgan fingerprint density at radius 2 is 1.66 bits per heavy atom. The number of halogens is 2. The van der Waals surface area contributed by atoms with Gasteiger partial charge < -0.3 is 4.74 Å². The van der Waals surface area contributed by atoms with E-state index in [1.54, 1.807) is 48.7 Å². The van der Waals surface area contributed by atoms with E-state index in [4.69, 9.17) is 4.74 Å². The van der Waals surface area contributed by atoms with Crippen LogP contribution >= 0.6 is 0 Å². The van der Waals surface area contributed by atoms with Crippen molar-refractivity contribution in [1.29, 1.82) is 0 Å². The molecule has 0 atom stereocenters. The summed E-state index contributed by atoms with van der Waals surface area (Å²) >= 11 is 0. The van der Waals surface area contributed by atoms with Crippen LogP contribution in [-0.2, 0) is 16.3 Å². The molecule has 3 aromatic carbocycles. The maximum Gasteiger partial charge on any atom is 0.387 e. The summed E-state index contributed by atoms with van der Waals surface area (Å²) in [6.07, 6.45) is 3.34. The highest BCUT2D eigenvalue weighted by atomic mass is 32.2. The van der Waals surface area contributed by atoms with Crippen LogP contribution in [0.15, 0.2) is 77.8 Å². The molecule has 0 N–H and O–H groups in total. The van der Waals surface area contributed by atoms with Crippen LogP contribution in [0.2, 0.25) is 0 Å². The first-order valence-corrected chi connectivity index (χ1v) is 11.8. The molecule has 0 radical (unpaired) electrons. The lowest BCUT2D eigenvalue weighted by Crippen LogP contribution is -2.05. The Balaban J connectivity index is 1.78. The number of sulfone groups is 1. The van der Waals surface area contributed by atoms with Crippen molar-refractivity contribution in [2.24, 2.45) is 0 Å². The van der Waals surface area contributed by atoms with Crippen molar-refractivity contribution >= 4 is 20.6 Å². The molecule has 0 amide bonds. The van der Waals surface area contributed by atoms with Gasteiger partial charge in [-0.2, -0.15) is 8.78 Å². The Kier molecular flexibility index (Phi) is 5.93. The molecule has 0 aliphatic rings. The van der Waals surface area contributed by atoms with E-state index >= 15 is 0 Å². The second-order valence-corrected chi connectivity index (χ2v) is 9.60. The van der Waals surface area contributed by atoms with Gasteiger partial charge in [0, 0.05) is 30.0 Å². The Morgan fingerprint density at radius 3 is 2.34 bits per heavy atom. The molecule has 0 fully saturated rings. The van der Waals surface area contributed by atoms with Crippen molar-refractivity contribution in [3.63, 3.8) is 0 Å². The molecule has 1 heterocycles. The summed E-state index contributed by atoms with van der Waals surface area (Å²) in [7, 11) is -3.27. The fraction of sp³-hybridized carbons (Fsp3) is 0.160. The molecule has 0 aliphatic heterocycles. The number of para-hydroxylation sites is 1. The zero-order valence-corrected chi connectivity index (χ0v) is 18.4. The first-order valence-electron chi connectivity index (χ1n) is 9.94. The lowest BCUT2D eigenvalue weighted by atomic mass is 9.94. The van der Waals surface area contributed by atoms with Gasteiger partial charge in [-0.3, -0.25) is 4.98 Å². The molecule has 4 nitrogen and oxygen atoms in total. The molecule has 164 valence electrons.